The Morgan fingerprint density at radius 2 is 2.27 bits per heavy atom. The van der Waals surface area contributed by atoms with E-state index in [9.17, 15) is 4.79 Å². The molecule has 0 N–H and O–H groups in total. The number of thioether (sulfide) groups is 1. The van der Waals surface area contributed by atoms with Gasteiger partial charge >= 0.3 is 0 Å². The molecule has 1 rings (SSSR count). The second-order valence-electron chi connectivity index (χ2n) is 3.24. The third kappa shape index (κ3) is 3.54. The van der Waals surface area contributed by atoms with Gasteiger partial charge in [0, 0.05) is 29.4 Å². The van der Waals surface area contributed by atoms with Crippen LogP contribution < -0.4 is 4.90 Å². The largest absolute Gasteiger partial charge is 0.373 e. The highest BCUT2D eigenvalue weighted by Crippen LogP contribution is 2.26. The van der Waals surface area contributed by atoms with E-state index in [1.54, 1.807) is 0 Å². The Kier molecular flexibility index (Phi) is 5.19. The first-order valence-corrected chi connectivity index (χ1v) is 6.82. The number of carbonyl (C=O) groups excluding carboxylic acids is 1. The van der Waals surface area contributed by atoms with Gasteiger partial charge in [-0.2, -0.15) is 11.8 Å². The van der Waals surface area contributed by atoms with E-state index in [4.69, 9.17) is 0 Å². The van der Waals surface area contributed by atoms with Gasteiger partial charge in [-0.3, -0.25) is 4.79 Å². The van der Waals surface area contributed by atoms with Crippen LogP contribution in [-0.2, 0) is 0 Å². The van der Waals surface area contributed by atoms with Gasteiger partial charge in [-0.05, 0) is 40.4 Å². The van der Waals surface area contributed by atoms with Crippen molar-refractivity contribution in [3.63, 3.8) is 0 Å². The van der Waals surface area contributed by atoms with Gasteiger partial charge in [-0.25, -0.2) is 0 Å². The summed E-state index contributed by atoms with van der Waals surface area (Å²) in [6.45, 7) is 1.00. The van der Waals surface area contributed by atoms with Crippen LogP contribution in [0.15, 0.2) is 22.7 Å². The number of nitrogens with zero attached hydrogens (tertiary/aromatic N) is 1. The van der Waals surface area contributed by atoms with Crippen molar-refractivity contribution < 1.29 is 4.79 Å². The standard InChI is InChI=1S/C11H14BrNOS/c1-13(5-6-15-2)11-4-3-9(8-14)7-10(11)12/h3-4,7-8H,5-6H2,1-2H3. The second-order valence-corrected chi connectivity index (χ2v) is 5.08. The number of anilines is 1. The van der Waals surface area contributed by atoms with Crippen LogP contribution >= 0.6 is 27.7 Å². The van der Waals surface area contributed by atoms with E-state index in [0.29, 0.717) is 5.56 Å². The van der Waals surface area contributed by atoms with E-state index >= 15 is 0 Å². The van der Waals surface area contributed by atoms with Crippen LogP contribution in [0.4, 0.5) is 5.69 Å². The summed E-state index contributed by atoms with van der Waals surface area (Å²) >= 11 is 5.30. The molecule has 0 aromatic heterocycles. The Labute approximate surface area is 103 Å². The van der Waals surface area contributed by atoms with Crippen molar-refractivity contribution in [3.05, 3.63) is 28.2 Å². The molecule has 0 saturated carbocycles. The number of aldehydes is 1. The molecule has 0 aliphatic heterocycles. The lowest BCUT2D eigenvalue weighted by atomic mass is 10.2. The zero-order valence-electron chi connectivity index (χ0n) is 8.87. The van der Waals surface area contributed by atoms with E-state index in [-0.39, 0.29) is 0 Å². The Bertz CT molecular complexity index is 343. The highest BCUT2D eigenvalue weighted by molar-refractivity contribution is 9.10. The maximum absolute atomic E-state index is 10.6. The van der Waals surface area contributed by atoms with Gasteiger partial charge < -0.3 is 4.90 Å². The van der Waals surface area contributed by atoms with E-state index < -0.39 is 0 Å². The minimum atomic E-state index is 0.698. The normalized spacial score (nSPS) is 10.1. The number of rotatable bonds is 5. The highest BCUT2D eigenvalue weighted by Gasteiger charge is 2.05. The lowest BCUT2D eigenvalue weighted by Crippen LogP contribution is -2.20. The van der Waals surface area contributed by atoms with Crippen LogP contribution in [0.1, 0.15) is 10.4 Å². The Balaban J connectivity index is 2.80. The second kappa shape index (κ2) is 6.18. The molecular weight excluding hydrogens is 274 g/mol. The van der Waals surface area contributed by atoms with Gasteiger partial charge in [0.15, 0.2) is 0 Å². The fourth-order valence-electron chi connectivity index (χ4n) is 1.25. The van der Waals surface area contributed by atoms with E-state index in [0.717, 1.165) is 28.7 Å². The molecule has 0 amide bonds. The molecule has 0 aliphatic carbocycles. The molecule has 0 aliphatic rings. The summed E-state index contributed by atoms with van der Waals surface area (Å²) in [6.07, 6.45) is 2.95. The predicted octanol–water partition coefficient (Wildman–Crippen LogP) is 3.06. The monoisotopic (exact) mass is 287 g/mol. The Hall–Kier alpha value is -0.480. The number of hydrogen-bond donors (Lipinski definition) is 0. The average Bonchev–Trinajstić information content (AvgIpc) is 2.25. The van der Waals surface area contributed by atoms with Crippen LogP contribution in [0.25, 0.3) is 0 Å². The summed E-state index contributed by atoms with van der Waals surface area (Å²) < 4.78 is 0.968. The molecule has 0 heterocycles. The molecular formula is C11H14BrNOS. The molecule has 0 bridgehead atoms. The van der Waals surface area contributed by atoms with Gasteiger partial charge in [-0.15, -0.1) is 0 Å². The molecule has 0 radical (unpaired) electrons. The van der Waals surface area contributed by atoms with Crippen LogP contribution in [-0.4, -0.2) is 31.9 Å². The van der Waals surface area contributed by atoms with Crippen molar-refractivity contribution in [1.29, 1.82) is 0 Å². The fraction of sp³-hybridized carbons (Fsp3) is 0.364. The SMILES string of the molecule is CSCCN(C)c1ccc(C=O)cc1Br. The van der Waals surface area contributed by atoms with E-state index in [2.05, 4.69) is 34.1 Å². The van der Waals surface area contributed by atoms with Crippen LogP contribution in [0, 0.1) is 0 Å². The van der Waals surface area contributed by atoms with Gasteiger partial charge in [0.1, 0.15) is 6.29 Å². The average molecular weight is 288 g/mol. The highest BCUT2D eigenvalue weighted by atomic mass is 79.9. The van der Waals surface area contributed by atoms with Crippen molar-refractivity contribution >= 4 is 39.7 Å². The molecule has 0 atom stereocenters. The summed E-state index contributed by atoms with van der Waals surface area (Å²) in [4.78, 5) is 12.7. The van der Waals surface area contributed by atoms with Crippen LogP contribution in [0.5, 0.6) is 0 Å². The van der Waals surface area contributed by atoms with E-state index in [1.807, 2.05) is 30.0 Å². The molecule has 1 aromatic carbocycles. The number of hydrogen-bond acceptors (Lipinski definition) is 3. The Morgan fingerprint density at radius 3 is 2.80 bits per heavy atom. The summed E-state index contributed by atoms with van der Waals surface area (Å²) in [5, 5.41) is 0. The minimum Gasteiger partial charge on any atom is -0.373 e. The van der Waals surface area contributed by atoms with Crippen molar-refractivity contribution in [1.82, 2.24) is 0 Å². The lowest BCUT2D eigenvalue weighted by molar-refractivity contribution is 0.112. The molecule has 1 aromatic rings. The molecule has 0 fully saturated rings. The van der Waals surface area contributed by atoms with Crippen molar-refractivity contribution in [2.75, 3.05) is 30.5 Å². The van der Waals surface area contributed by atoms with Crippen molar-refractivity contribution in [2.24, 2.45) is 0 Å². The lowest BCUT2D eigenvalue weighted by Gasteiger charge is -2.20. The maximum Gasteiger partial charge on any atom is 0.150 e. The van der Waals surface area contributed by atoms with Crippen molar-refractivity contribution in [3.8, 4) is 0 Å². The first-order valence-electron chi connectivity index (χ1n) is 4.64. The first kappa shape index (κ1) is 12.6. The number of carbonyl (C=O) groups is 1. The molecule has 0 unspecified atom stereocenters. The van der Waals surface area contributed by atoms with Crippen molar-refractivity contribution in [2.45, 2.75) is 0 Å². The number of benzene rings is 1. The zero-order chi connectivity index (χ0) is 11.3. The molecule has 0 spiro atoms. The van der Waals surface area contributed by atoms with Gasteiger partial charge in [0.25, 0.3) is 0 Å². The minimum absolute atomic E-state index is 0.698. The topological polar surface area (TPSA) is 20.3 Å². The quantitative estimate of drug-likeness (QED) is 0.777. The molecule has 0 saturated heterocycles. The van der Waals surface area contributed by atoms with Gasteiger partial charge in [-0.1, -0.05) is 0 Å². The molecule has 15 heavy (non-hydrogen) atoms. The van der Waals surface area contributed by atoms with Gasteiger partial charge in [0.2, 0.25) is 0 Å². The van der Waals surface area contributed by atoms with Crippen LogP contribution in [0.2, 0.25) is 0 Å². The molecule has 82 valence electrons. The number of halogens is 1. The first-order chi connectivity index (χ1) is 7.19. The molecule has 4 heteroatoms. The third-order valence-corrected chi connectivity index (χ3v) is 3.38. The van der Waals surface area contributed by atoms with Gasteiger partial charge in [0.05, 0.1) is 5.69 Å². The zero-order valence-corrected chi connectivity index (χ0v) is 11.3. The predicted molar refractivity (Wildman–Crippen MR) is 71.2 cm³/mol. The summed E-state index contributed by atoms with van der Waals surface area (Å²) in [6, 6.07) is 5.65. The summed E-state index contributed by atoms with van der Waals surface area (Å²) in [5.41, 5.74) is 1.82. The summed E-state index contributed by atoms with van der Waals surface area (Å²) in [7, 11) is 2.05. The third-order valence-electron chi connectivity index (χ3n) is 2.15. The van der Waals surface area contributed by atoms with Crippen LogP contribution in [0.3, 0.4) is 0 Å². The fourth-order valence-corrected chi connectivity index (χ4v) is 2.41. The smallest absolute Gasteiger partial charge is 0.150 e. The summed E-state index contributed by atoms with van der Waals surface area (Å²) in [5.74, 6) is 1.10. The molecule has 2 nitrogen and oxygen atoms in total. The maximum atomic E-state index is 10.6. The van der Waals surface area contributed by atoms with E-state index in [1.165, 1.54) is 0 Å². The Morgan fingerprint density at radius 1 is 1.53 bits per heavy atom.